The summed E-state index contributed by atoms with van der Waals surface area (Å²) in [5, 5.41) is 4.59. The highest BCUT2D eigenvalue weighted by atomic mass is 79.9. The van der Waals surface area contributed by atoms with E-state index >= 15 is 0 Å². The number of hydrogen-bond donors (Lipinski definition) is 0. The van der Waals surface area contributed by atoms with E-state index in [2.05, 4.69) is 26.0 Å². The number of azide groups is 1. The molecule has 0 aliphatic rings. The fraction of sp³-hybridized carbons (Fsp3) is 0.200. The van der Waals surface area contributed by atoms with Crippen LogP contribution in [0, 0.1) is 0 Å². The normalized spacial score (nSPS) is 12.4. The molecular weight excluding hydrogens is 258 g/mol. The van der Waals surface area contributed by atoms with Crippen LogP contribution in [0.3, 0.4) is 0 Å². The number of nitrogens with zero attached hydrogens (tertiary/aromatic N) is 3. The Hall–Kier alpha value is -1.45. The number of fused-ring (bicyclic) bond motifs is 1. The Labute approximate surface area is 94.6 Å². The van der Waals surface area contributed by atoms with Crippen molar-refractivity contribution in [3.8, 4) is 0 Å². The molecule has 1 atom stereocenters. The Balaban J connectivity index is 2.51. The second-order valence-electron chi connectivity index (χ2n) is 3.21. The molecule has 76 valence electrons. The van der Waals surface area contributed by atoms with E-state index in [-0.39, 0.29) is 6.04 Å². The van der Waals surface area contributed by atoms with Crippen LogP contribution in [0.1, 0.15) is 18.7 Å². The second kappa shape index (κ2) is 3.96. The van der Waals surface area contributed by atoms with E-state index < -0.39 is 0 Å². The van der Waals surface area contributed by atoms with Gasteiger partial charge in [-0.25, -0.2) is 0 Å². The minimum Gasteiger partial charge on any atom is -0.461 e. The maximum atomic E-state index is 8.33. The summed E-state index contributed by atoms with van der Waals surface area (Å²) in [6.45, 7) is 1.80. The van der Waals surface area contributed by atoms with Crippen molar-refractivity contribution in [3.05, 3.63) is 44.9 Å². The van der Waals surface area contributed by atoms with E-state index in [1.807, 2.05) is 24.3 Å². The highest BCUT2D eigenvalue weighted by molar-refractivity contribution is 9.10. The minimum atomic E-state index is -0.277. The Morgan fingerprint density at radius 2 is 2.27 bits per heavy atom. The topological polar surface area (TPSA) is 61.9 Å². The lowest BCUT2D eigenvalue weighted by Gasteiger charge is -1.96. The van der Waals surface area contributed by atoms with Gasteiger partial charge in [0.2, 0.25) is 0 Å². The van der Waals surface area contributed by atoms with Crippen LogP contribution in [-0.2, 0) is 0 Å². The van der Waals surface area contributed by atoms with Crippen LogP contribution in [0.5, 0.6) is 0 Å². The van der Waals surface area contributed by atoms with Crippen molar-refractivity contribution in [1.82, 2.24) is 0 Å². The lowest BCUT2D eigenvalue weighted by Crippen LogP contribution is -1.82. The molecule has 0 fully saturated rings. The molecule has 0 aliphatic carbocycles. The molecule has 0 unspecified atom stereocenters. The van der Waals surface area contributed by atoms with Crippen LogP contribution in [0.15, 0.2) is 38.3 Å². The molecule has 0 N–H and O–H groups in total. The van der Waals surface area contributed by atoms with Crippen molar-refractivity contribution in [2.75, 3.05) is 0 Å². The van der Waals surface area contributed by atoms with Crippen molar-refractivity contribution < 1.29 is 4.42 Å². The molecule has 1 aromatic carbocycles. The number of hydrogen-bond acceptors (Lipinski definition) is 2. The molecule has 1 heterocycles. The van der Waals surface area contributed by atoms with Gasteiger partial charge >= 0.3 is 0 Å². The van der Waals surface area contributed by atoms with Crippen LogP contribution < -0.4 is 0 Å². The summed E-state index contributed by atoms with van der Waals surface area (Å²) in [4.78, 5) is 2.76. The molecule has 0 saturated carbocycles. The molecule has 0 spiro atoms. The predicted octanol–water partition coefficient (Wildman–Crippen LogP) is 4.57. The summed E-state index contributed by atoms with van der Waals surface area (Å²) in [6, 6.07) is 7.37. The summed E-state index contributed by atoms with van der Waals surface area (Å²) in [6.07, 6.45) is 0. The molecule has 0 bridgehead atoms. The molecule has 2 rings (SSSR count). The largest absolute Gasteiger partial charge is 0.461 e. The van der Waals surface area contributed by atoms with Crippen LogP contribution in [0.2, 0.25) is 0 Å². The van der Waals surface area contributed by atoms with Gasteiger partial charge in [-0.1, -0.05) is 21.0 Å². The Morgan fingerprint density at radius 1 is 1.47 bits per heavy atom. The van der Waals surface area contributed by atoms with Gasteiger partial charge in [0.1, 0.15) is 11.3 Å². The van der Waals surface area contributed by atoms with Crippen LogP contribution in [-0.4, -0.2) is 0 Å². The predicted molar refractivity (Wildman–Crippen MR) is 61.5 cm³/mol. The van der Waals surface area contributed by atoms with E-state index in [9.17, 15) is 0 Å². The average molecular weight is 266 g/mol. The highest BCUT2D eigenvalue weighted by Crippen LogP contribution is 2.27. The van der Waals surface area contributed by atoms with Crippen molar-refractivity contribution >= 4 is 26.9 Å². The van der Waals surface area contributed by atoms with Gasteiger partial charge in [-0.05, 0) is 36.7 Å². The first-order valence-electron chi connectivity index (χ1n) is 4.44. The van der Waals surface area contributed by atoms with Gasteiger partial charge in [-0.3, -0.25) is 0 Å². The molecule has 0 amide bonds. The minimum absolute atomic E-state index is 0.277. The lowest BCUT2D eigenvalue weighted by atomic mass is 10.2. The molecule has 15 heavy (non-hydrogen) atoms. The smallest absolute Gasteiger partial charge is 0.134 e. The second-order valence-corrected chi connectivity index (χ2v) is 4.13. The third kappa shape index (κ3) is 1.98. The molecule has 1 aromatic heterocycles. The van der Waals surface area contributed by atoms with Crippen molar-refractivity contribution in [1.29, 1.82) is 0 Å². The molecule has 0 aliphatic heterocycles. The van der Waals surface area contributed by atoms with Gasteiger partial charge in [0.15, 0.2) is 0 Å². The fourth-order valence-corrected chi connectivity index (χ4v) is 1.75. The van der Waals surface area contributed by atoms with Gasteiger partial charge < -0.3 is 4.42 Å². The van der Waals surface area contributed by atoms with Crippen molar-refractivity contribution in [3.63, 3.8) is 0 Å². The van der Waals surface area contributed by atoms with Gasteiger partial charge in [-0.15, -0.1) is 0 Å². The summed E-state index contributed by atoms with van der Waals surface area (Å²) in [5.74, 6) is 0.681. The van der Waals surface area contributed by atoms with Crippen molar-refractivity contribution in [2.24, 2.45) is 5.11 Å². The van der Waals surface area contributed by atoms with Crippen LogP contribution in [0.4, 0.5) is 0 Å². The van der Waals surface area contributed by atoms with E-state index in [1.165, 1.54) is 0 Å². The van der Waals surface area contributed by atoms with Gasteiger partial charge in [0, 0.05) is 14.8 Å². The third-order valence-corrected chi connectivity index (χ3v) is 2.63. The highest BCUT2D eigenvalue weighted by Gasteiger charge is 2.09. The number of halogens is 1. The van der Waals surface area contributed by atoms with Gasteiger partial charge in [0.25, 0.3) is 0 Å². The summed E-state index contributed by atoms with van der Waals surface area (Å²) < 4.78 is 6.55. The Kier molecular flexibility index (Phi) is 2.66. The third-order valence-electron chi connectivity index (χ3n) is 2.13. The molecule has 0 saturated heterocycles. The summed E-state index contributed by atoms with van der Waals surface area (Å²) >= 11 is 3.39. The van der Waals surface area contributed by atoms with Gasteiger partial charge in [0.05, 0.1) is 6.04 Å². The van der Waals surface area contributed by atoms with E-state index in [1.54, 1.807) is 6.92 Å². The number of rotatable bonds is 2. The quantitative estimate of drug-likeness (QED) is 0.446. The number of furan rings is 1. The zero-order valence-corrected chi connectivity index (χ0v) is 9.60. The van der Waals surface area contributed by atoms with E-state index in [4.69, 9.17) is 9.95 Å². The molecule has 2 aromatic rings. The first-order chi connectivity index (χ1) is 7.20. The fourth-order valence-electron chi connectivity index (χ4n) is 1.37. The SMILES string of the molecule is C[C@H](N=[N+]=[N-])c1cc2cc(Br)ccc2o1. The standard InChI is InChI=1S/C10H8BrN3O/c1-6(13-14-12)10-5-7-4-8(11)2-3-9(7)15-10/h2-6H,1H3/t6-/m0/s1. The maximum absolute atomic E-state index is 8.33. The molecular formula is C10H8BrN3O. The molecule has 4 nitrogen and oxygen atoms in total. The van der Waals surface area contributed by atoms with E-state index in [0.717, 1.165) is 15.4 Å². The first-order valence-corrected chi connectivity index (χ1v) is 5.23. The summed E-state index contributed by atoms with van der Waals surface area (Å²) in [7, 11) is 0. The van der Waals surface area contributed by atoms with Crippen LogP contribution >= 0.6 is 15.9 Å². The Bertz CT molecular complexity index is 543. The Morgan fingerprint density at radius 3 is 3.00 bits per heavy atom. The van der Waals surface area contributed by atoms with E-state index in [0.29, 0.717) is 5.76 Å². The van der Waals surface area contributed by atoms with Gasteiger partial charge in [-0.2, -0.15) is 0 Å². The monoisotopic (exact) mass is 265 g/mol. The average Bonchev–Trinajstić information content (AvgIpc) is 2.60. The number of benzene rings is 1. The molecule has 0 radical (unpaired) electrons. The van der Waals surface area contributed by atoms with Crippen molar-refractivity contribution in [2.45, 2.75) is 13.0 Å². The van der Waals surface area contributed by atoms with Crippen LogP contribution in [0.25, 0.3) is 21.4 Å². The first kappa shape index (κ1) is 10.1. The zero-order valence-electron chi connectivity index (χ0n) is 8.01. The molecule has 5 heteroatoms. The lowest BCUT2D eigenvalue weighted by molar-refractivity contribution is 0.512. The maximum Gasteiger partial charge on any atom is 0.134 e. The zero-order chi connectivity index (χ0) is 10.8. The summed E-state index contributed by atoms with van der Waals surface area (Å²) in [5.41, 5.74) is 9.13.